The number of Topliss-reactive ketones (excluding diaryl/α,β-unsaturated/α-hetero) is 1. The third-order valence-electron chi connectivity index (χ3n) is 9.93. The molecule has 2 aromatic rings. The van der Waals surface area contributed by atoms with Crippen molar-refractivity contribution in [3.63, 3.8) is 0 Å². The number of nitrogens with zero attached hydrogens (tertiary/aromatic N) is 2. The summed E-state index contributed by atoms with van der Waals surface area (Å²) in [5.74, 6) is 1.70. The second-order valence-electron chi connectivity index (χ2n) is 13.1. The van der Waals surface area contributed by atoms with Crippen LogP contribution in [0.4, 0.5) is 4.39 Å². The van der Waals surface area contributed by atoms with Crippen molar-refractivity contribution in [1.82, 2.24) is 9.55 Å². The molecule has 4 aliphatic carbocycles. The van der Waals surface area contributed by atoms with Crippen LogP contribution in [-0.4, -0.2) is 29.3 Å². The van der Waals surface area contributed by atoms with Crippen LogP contribution in [0.2, 0.25) is 18.1 Å². The zero-order valence-electron chi connectivity index (χ0n) is 21.1. The van der Waals surface area contributed by atoms with Crippen molar-refractivity contribution in [2.75, 3.05) is 0 Å². The van der Waals surface area contributed by atoms with E-state index in [1.165, 1.54) is 12.5 Å². The Labute approximate surface area is 203 Å². The van der Waals surface area contributed by atoms with E-state index in [1.807, 2.05) is 10.6 Å². The van der Waals surface area contributed by atoms with E-state index in [4.69, 9.17) is 4.43 Å². The quantitative estimate of drug-likeness (QED) is 0.444. The molecule has 1 aliphatic heterocycles. The smallest absolute Gasteiger partial charge is 0.192 e. The van der Waals surface area contributed by atoms with E-state index in [-0.39, 0.29) is 28.4 Å². The summed E-state index contributed by atoms with van der Waals surface area (Å²) in [5, 5.41) is 0.188. The average Bonchev–Trinajstić information content (AvgIpc) is 3.29. The molecule has 4 saturated carbocycles. The van der Waals surface area contributed by atoms with Gasteiger partial charge in [-0.2, -0.15) is 0 Å². The van der Waals surface area contributed by atoms with Crippen LogP contribution in [0.5, 0.6) is 0 Å². The van der Waals surface area contributed by atoms with E-state index < -0.39 is 8.32 Å². The van der Waals surface area contributed by atoms with Crippen molar-refractivity contribution in [2.45, 2.75) is 89.1 Å². The SMILES string of the molecule is CC(C)(C)[Si](C)(C)OC12CC3CC(C1)C(C(=O)CC1c4c(F)cccc4-c4cncn41)C(C3)C2. The molecule has 1 aromatic carbocycles. The maximum Gasteiger partial charge on any atom is 0.192 e. The number of imidazole rings is 1. The highest BCUT2D eigenvalue weighted by molar-refractivity contribution is 6.74. The van der Waals surface area contributed by atoms with Crippen LogP contribution in [0.15, 0.2) is 30.7 Å². The van der Waals surface area contributed by atoms with E-state index >= 15 is 0 Å². The van der Waals surface area contributed by atoms with Crippen LogP contribution in [0.25, 0.3) is 11.3 Å². The van der Waals surface area contributed by atoms with Crippen molar-refractivity contribution in [2.24, 2.45) is 23.7 Å². The Bertz CT molecular complexity index is 1130. The molecule has 0 radical (unpaired) electrons. The number of carbonyl (C=O) groups excluding carboxylic acids is 1. The van der Waals surface area contributed by atoms with Gasteiger partial charge in [0, 0.05) is 23.5 Å². The first kappa shape index (κ1) is 22.7. The summed E-state index contributed by atoms with van der Waals surface area (Å²) >= 11 is 0. The molecule has 0 amide bonds. The highest BCUT2D eigenvalue weighted by Gasteiger charge is 2.59. The van der Waals surface area contributed by atoms with Gasteiger partial charge in [-0.3, -0.25) is 4.79 Å². The Balaban J connectivity index is 1.25. The number of hydrogen-bond acceptors (Lipinski definition) is 3. The molecule has 7 rings (SSSR count). The highest BCUT2D eigenvalue weighted by Crippen LogP contribution is 2.61. The van der Waals surface area contributed by atoms with Gasteiger partial charge in [-0.15, -0.1) is 0 Å². The molecular formula is C28H37FN2O2Si. The summed E-state index contributed by atoms with van der Waals surface area (Å²) in [6.07, 6.45) is 9.43. The van der Waals surface area contributed by atoms with E-state index in [0.717, 1.165) is 36.9 Å². The molecule has 1 aromatic heterocycles. The largest absolute Gasteiger partial charge is 0.411 e. The van der Waals surface area contributed by atoms with Crippen LogP contribution in [-0.2, 0) is 9.22 Å². The molecule has 5 aliphatic rings. The van der Waals surface area contributed by atoms with Crippen LogP contribution < -0.4 is 0 Å². The van der Waals surface area contributed by atoms with Gasteiger partial charge in [0.2, 0.25) is 0 Å². The molecule has 0 N–H and O–H groups in total. The lowest BCUT2D eigenvalue weighted by molar-refractivity contribution is -0.159. The van der Waals surface area contributed by atoms with Crippen LogP contribution in [0.1, 0.15) is 70.9 Å². The van der Waals surface area contributed by atoms with E-state index in [1.54, 1.807) is 18.6 Å². The van der Waals surface area contributed by atoms with Gasteiger partial charge >= 0.3 is 0 Å². The Morgan fingerprint density at radius 1 is 1.21 bits per heavy atom. The maximum atomic E-state index is 14.9. The summed E-state index contributed by atoms with van der Waals surface area (Å²) in [6.45, 7) is 11.7. The Morgan fingerprint density at radius 3 is 2.59 bits per heavy atom. The molecule has 0 spiro atoms. The van der Waals surface area contributed by atoms with E-state index in [9.17, 15) is 9.18 Å². The summed E-state index contributed by atoms with van der Waals surface area (Å²) in [4.78, 5) is 18.2. The van der Waals surface area contributed by atoms with Crippen molar-refractivity contribution in [3.8, 4) is 11.3 Å². The molecule has 3 unspecified atom stereocenters. The fourth-order valence-electron chi connectivity index (χ4n) is 7.82. The number of hydrogen-bond donors (Lipinski definition) is 0. The summed E-state index contributed by atoms with van der Waals surface area (Å²) in [5.41, 5.74) is 2.43. The van der Waals surface area contributed by atoms with Gasteiger partial charge in [-0.05, 0) is 74.1 Å². The Hall–Kier alpha value is -1.79. The number of rotatable bonds is 5. The first-order valence-corrected chi connectivity index (χ1v) is 15.9. The minimum absolute atomic E-state index is 0.0279. The zero-order chi connectivity index (χ0) is 24.0. The molecule has 4 bridgehead atoms. The summed E-state index contributed by atoms with van der Waals surface area (Å²) in [6, 6.07) is 4.92. The Kier molecular flexibility index (Phi) is 4.90. The van der Waals surface area contributed by atoms with Crippen LogP contribution in [0, 0.1) is 29.5 Å². The monoisotopic (exact) mass is 480 g/mol. The normalized spacial score (nSPS) is 33.8. The number of benzene rings is 1. The Morgan fingerprint density at radius 2 is 1.91 bits per heavy atom. The molecule has 4 nitrogen and oxygen atoms in total. The number of carbonyl (C=O) groups is 1. The fraction of sp³-hybridized carbons (Fsp3) is 0.643. The summed E-state index contributed by atoms with van der Waals surface area (Å²) < 4.78 is 24.0. The number of aromatic nitrogens is 2. The summed E-state index contributed by atoms with van der Waals surface area (Å²) in [7, 11) is -1.88. The lowest BCUT2D eigenvalue weighted by Crippen LogP contribution is -2.61. The third kappa shape index (κ3) is 3.31. The second-order valence-corrected chi connectivity index (χ2v) is 17.8. The van der Waals surface area contributed by atoms with Gasteiger partial charge in [0.05, 0.1) is 29.9 Å². The first-order chi connectivity index (χ1) is 16.0. The number of halogens is 1. The van der Waals surface area contributed by atoms with E-state index in [0.29, 0.717) is 35.5 Å². The van der Waals surface area contributed by atoms with Crippen molar-refractivity contribution in [3.05, 3.63) is 42.1 Å². The highest BCUT2D eigenvalue weighted by atomic mass is 28.4. The first-order valence-electron chi connectivity index (χ1n) is 13.0. The predicted molar refractivity (Wildman–Crippen MR) is 133 cm³/mol. The lowest BCUT2D eigenvalue weighted by atomic mass is 9.49. The molecule has 6 heteroatoms. The zero-order valence-corrected chi connectivity index (χ0v) is 22.1. The molecule has 182 valence electrons. The number of fused-ring (bicyclic) bond motifs is 3. The third-order valence-corrected chi connectivity index (χ3v) is 14.5. The molecule has 2 heterocycles. The minimum atomic E-state index is -1.88. The fourth-order valence-corrected chi connectivity index (χ4v) is 9.46. The van der Waals surface area contributed by atoms with Gasteiger partial charge in [-0.25, -0.2) is 9.37 Å². The molecule has 4 fully saturated rings. The molecule has 34 heavy (non-hydrogen) atoms. The van der Waals surface area contributed by atoms with Gasteiger partial charge < -0.3 is 8.99 Å². The van der Waals surface area contributed by atoms with Gasteiger partial charge in [-0.1, -0.05) is 32.9 Å². The average molecular weight is 481 g/mol. The number of ketones is 1. The lowest BCUT2D eigenvalue weighted by Gasteiger charge is -2.61. The van der Waals surface area contributed by atoms with Crippen molar-refractivity contribution in [1.29, 1.82) is 0 Å². The second kappa shape index (κ2) is 7.36. The maximum absolute atomic E-state index is 14.9. The van der Waals surface area contributed by atoms with Gasteiger partial charge in [0.15, 0.2) is 8.32 Å². The van der Waals surface area contributed by atoms with Crippen molar-refractivity contribution >= 4 is 14.1 Å². The van der Waals surface area contributed by atoms with Crippen molar-refractivity contribution < 1.29 is 13.6 Å². The van der Waals surface area contributed by atoms with Gasteiger partial charge in [0.25, 0.3) is 0 Å². The molecule has 3 atom stereocenters. The topological polar surface area (TPSA) is 44.1 Å². The minimum Gasteiger partial charge on any atom is -0.411 e. The van der Waals surface area contributed by atoms with Gasteiger partial charge in [0.1, 0.15) is 11.6 Å². The van der Waals surface area contributed by atoms with Crippen LogP contribution in [0.3, 0.4) is 0 Å². The van der Waals surface area contributed by atoms with Crippen LogP contribution >= 0.6 is 0 Å². The predicted octanol–water partition coefficient (Wildman–Crippen LogP) is 6.77. The van der Waals surface area contributed by atoms with E-state index in [2.05, 4.69) is 38.8 Å². The molecule has 0 saturated heterocycles. The molecular weight excluding hydrogens is 443 g/mol. The standard InChI is InChI=1S/C28H37FN2O2Si/c1-27(2,3)34(4,5)33-28-12-17-9-18(13-28)25(19(10-17)14-28)24(32)11-22-26-20(7-6-8-21(26)29)23-15-30-16-31(22)23/h6-8,15-19,22,25H,9-14H2,1-5H3.